The van der Waals surface area contributed by atoms with E-state index in [4.69, 9.17) is 5.11 Å². The molecule has 6 heteroatoms. The number of rotatable bonds is 5. The average molecular weight is 297 g/mol. The standard InChI is InChI=1S/C15H27N3O3/c1-12-3-2-4-13(9-12)16-14(19)10-17-5-7-18(8-6-17)11-15(20)21/h12-13H,2-11H2,1H3,(H,16,19)(H,20,21)/t12-,13+/m1/s1. The molecule has 2 aliphatic rings. The van der Waals surface area contributed by atoms with Crippen molar-refractivity contribution < 1.29 is 14.7 Å². The topological polar surface area (TPSA) is 72.9 Å². The Morgan fingerprint density at radius 2 is 1.71 bits per heavy atom. The second-order valence-corrected chi connectivity index (χ2v) is 6.48. The normalized spacial score (nSPS) is 28.2. The summed E-state index contributed by atoms with van der Waals surface area (Å²) in [4.78, 5) is 26.8. The Morgan fingerprint density at radius 3 is 2.29 bits per heavy atom. The van der Waals surface area contributed by atoms with Gasteiger partial charge in [0, 0.05) is 32.2 Å². The first-order valence-corrected chi connectivity index (χ1v) is 7.99. The zero-order valence-electron chi connectivity index (χ0n) is 12.9. The maximum atomic E-state index is 12.1. The van der Waals surface area contributed by atoms with Gasteiger partial charge in [-0.05, 0) is 18.8 Å². The fourth-order valence-corrected chi connectivity index (χ4v) is 3.34. The number of carbonyl (C=O) groups is 2. The van der Waals surface area contributed by atoms with Crippen molar-refractivity contribution in [2.75, 3.05) is 39.3 Å². The molecule has 1 amide bonds. The summed E-state index contributed by atoms with van der Waals surface area (Å²) in [5, 5.41) is 11.9. The van der Waals surface area contributed by atoms with Gasteiger partial charge in [0.2, 0.25) is 5.91 Å². The summed E-state index contributed by atoms with van der Waals surface area (Å²) in [7, 11) is 0. The second kappa shape index (κ2) is 7.75. The lowest BCUT2D eigenvalue weighted by Crippen LogP contribution is -2.51. The van der Waals surface area contributed by atoms with E-state index in [2.05, 4.69) is 17.1 Å². The number of aliphatic carboxylic acids is 1. The number of hydrogen-bond donors (Lipinski definition) is 2. The van der Waals surface area contributed by atoms with E-state index in [9.17, 15) is 9.59 Å². The number of amides is 1. The molecule has 2 atom stereocenters. The van der Waals surface area contributed by atoms with Crippen molar-refractivity contribution >= 4 is 11.9 Å². The summed E-state index contributed by atoms with van der Waals surface area (Å²) in [6, 6.07) is 0.342. The third-order valence-electron chi connectivity index (χ3n) is 4.49. The Kier molecular flexibility index (Phi) is 5.99. The molecule has 6 nitrogen and oxygen atoms in total. The summed E-state index contributed by atoms with van der Waals surface area (Å²) in [5.41, 5.74) is 0. The lowest BCUT2D eigenvalue weighted by molar-refractivity contribution is -0.139. The van der Waals surface area contributed by atoms with E-state index in [1.165, 1.54) is 12.8 Å². The number of carbonyl (C=O) groups excluding carboxylic acids is 1. The summed E-state index contributed by atoms with van der Waals surface area (Å²) < 4.78 is 0. The zero-order valence-corrected chi connectivity index (χ0v) is 12.9. The van der Waals surface area contributed by atoms with Crippen molar-refractivity contribution in [3.8, 4) is 0 Å². The first-order valence-electron chi connectivity index (χ1n) is 7.99. The van der Waals surface area contributed by atoms with Crippen LogP contribution in [0.4, 0.5) is 0 Å². The molecule has 0 bridgehead atoms. The Morgan fingerprint density at radius 1 is 1.10 bits per heavy atom. The molecule has 2 rings (SSSR count). The highest BCUT2D eigenvalue weighted by Crippen LogP contribution is 2.23. The van der Waals surface area contributed by atoms with Crippen LogP contribution in [-0.2, 0) is 9.59 Å². The van der Waals surface area contributed by atoms with Crippen LogP contribution in [0, 0.1) is 5.92 Å². The molecule has 0 aromatic rings. The molecule has 21 heavy (non-hydrogen) atoms. The zero-order chi connectivity index (χ0) is 15.2. The Hall–Kier alpha value is -1.14. The van der Waals surface area contributed by atoms with Gasteiger partial charge in [0.05, 0.1) is 13.1 Å². The maximum Gasteiger partial charge on any atom is 0.317 e. The van der Waals surface area contributed by atoms with Crippen molar-refractivity contribution in [1.29, 1.82) is 0 Å². The summed E-state index contributed by atoms with van der Waals surface area (Å²) in [6.07, 6.45) is 4.68. The molecule has 0 unspecified atom stereocenters. The highest BCUT2D eigenvalue weighted by atomic mass is 16.4. The Balaban J connectivity index is 1.66. The quantitative estimate of drug-likeness (QED) is 0.768. The van der Waals surface area contributed by atoms with E-state index in [0.717, 1.165) is 39.0 Å². The first kappa shape index (κ1) is 16.2. The van der Waals surface area contributed by atoms with E-state index < -0.39 is 5.97 Å². The highest BCUT2D eigenvalue weighted by molar-refractivity contribution is 5.78. The van der Waals surface area contributed by atoms with Gasteiger partial charge in [0.15, 0.2) is 0 Å². The SMILES string of the molecule is C[C@@H]1CCC[C@H](NC(=O)CN2CCN(CC(=O)O)CC2)C1. The first-order chi connectivity index (χ1) is 10.0. The molecular formula is C15H27N3O3. The minimum absolute atomic E-state index is 0.0972. The van der Waals surface area contributed by atoms with Crippen LogP contribution in [0.15, 0.2) is 0 Å². The van der Waals surface area contributed by atoms with Gasteiger partial charge in [-0.2, -0.15) is 0 Å². The van der Waals surface area contributed by atoms with Gasteiger partial charge in [0.1, 0.15) is 0 Å². The number of carboxylic acids is 1. The maximum absolute atomic E-state index is 12.1. The van der Waals surface area contributed by atoms with Crippen LogP contribution in [-0.4, -0.2) is 72.1 Å². The van der Waals surface area contributed by atoms with Gasteiger partial charge in [-0.1, -0.05) is 19.8 Å². The largest absolute Gasteiger partial charge is 0.480 e. The lowest BCUT2D eigenvalue weighted by Gasteiger charge is -2.34. The molecule has 120 valence electrons. The molecule has 0 aromatic carbocycles. The Labute approximate surface area is 126 Å². The molecule has 1 saturated heterocycles. The molecule has 1 heterocycles. The third-order valence-corrected chi connectivity index (χ3v) is 4.49. The molecule has 1 aliphatic carbocycles. The van der Waals surface area contributed by atoms with Gasteiger partial charge in [-0.3, -0.25) is 19.4 Å². The molecular weight excluding hydrogens is 270 g/mol. The van der Waals surface area contributed by atoms with Gasteiger partial charge >= 0.3 is 5.97 Å². The Bertz CT molecular complexity index is 367. The van der Waals surface area contributed by atoms with E-state index in [-0.39, 0.29) is 12.5 Å². The minimum Gasteiger partial charge on any atom is -0.480 e. The van der Waals surface area contributed by atoms with Crippen LogP contribution >= 0.6 is 0 Å². The monoisotopic (exact) mass is 297 g/mol. The number of piperazine rings is 1. The molecule has 0 aromatic heterocycles. The van der Waals surface area contributed by atoms with Gasteiger partial charge < -0.3 is 10.4 Å². The van der Waals surface area contributed by atoms with Gasteiger partial charge in [-0.15, -0.1) is 0 Å². The summed E-state index contributed by atoms with van der Waals surface area (Å²) in [5.74, 6) is 0.0389. The van der Waals surface area contributed by atoms with Crippen molar-refractivity contribution in [1.82, 2.24) is 15.1 Å². The van der Waals surface area contributed by atoms with Gasteiger partial charge in [-0.25, -0.2) is 0 Å². The fourth-order valence-electron chi connectivity index (χ4n) is 3.34. The van der Waals surface area contributed by atoms with Crippen LogP contribution in [0.25, 0.3) is 0 Å². The van der Waals surface area contributed by atoms with Crippen LogP contribution < -0.4 is 5.32 Å². The molecule has 2 N–H and O–H groups in total. The van der Waals surface area contributed by atoms with Crippen molar-refractivity contribution in [3.05, 3.63) is 0 Å². The van der Waals surface area contributed by atoms with Crippen LogP contribution in [0.3, 0.4) is 0 Å². The lowest BCUT2D eigenvalue weighted by atomic mass is 9.87. The molecule has 2 fully saturated rings. The predicted molar refractivity (Wildman–Crippen MR) is 80.1 cm³/mol. The number of hydrogen-bond acceptors (Lipinski definition) is 4. The van der Waals surface area contributed by atoms with Crippen LogP contribution in [0.5, 0.6) is 0 Å². The van der Waals surface area contributed by atoms with Gasteiger partial charge in [0.25, 0.3) is 0 Å². The summed E-state index contributed by atoms with van der Waals surface area (Å²) >= 11 is 0. The minimum atomic E-state index is -0.785. The number of carboxylic acid groups (broad SMARTS) is 1. The van der Waals surface area contributed by atoms with Crippen LogP contribution in [0.1, 0.15) is 32.6 Å². The fraction of sp³-hybridized carbons (Fsp3) is 0.867. The van der Waals surface area contributed by atoms with E-state index in [1.54, 1.807) is 0 Å². The van der Waals surface area contributed by atoms with E-state index >= 15 is 0 Å². The van der Waals surface area contributed by atoms with Crippen molar-refractivity contribution in [2.45, 2.75) is 38.6 Å². The summed E-state index contributed by atoms with van der Waals surface area (Å²) in [6.45, 7) is 5.76. The molecule has 0 radical (unpaired) electrons. The van der Waals surface area contributed by atoms with Crippen molar-refractivity contribution in [3.63, 3.8) is 0 Å². The molecule has 0 spiro atoms. The number of nitrogens with one attached hydrogen (secondary N) is 1. The van der Waals surface area contributed by atoms with Crippen molar-refractivity contribution in [2.24, 2.45) is 5.92 Å². The smallest absolute Gasteiger partial charge is 0.317 e. The van der Waals surface area contributed by atoms with E-state index in [1.807, 2.05) is 4.90 Å². The second-order valence-electron chi connectivity index (χ2n) is 6.48. The third kappa shape index (κ3) is 5.63. The highest BCUT2D eigenvalue weighted by Gasteiger charge is 2.23. The molecule has 1 saturated carbocycles. The average Bonchev–Trinajstić information content (AvgIpc) is 2.40. The number of nitrogens with zero attached hydrogens (tertiary/aromatic N) is 2. The molecule has 1 aliphatic heterocycles. The van der Waals surface area contributed by atoms with Crippen LogP contribution in [0.2, 0.25) is 0 Å². The van der Waals surface area contributed by atoms with E-state index in [0.29, 0.717) is 18.5 Å². The predicted octanol–water partition coefficient (Wildman–Crippen LogP) is 0.384.